The number of unbranched alkanes of at least 4 members (excludes halogenated alkanes) is 16. The molecule has 2 aromatic carbocycles. The van der Waals surface area contributed by atoms with E-state index in [1.54, 1.807) is 98.6 Å². The zero-order valence-corrected chi connectivity index (χ0v) is 66.8. The number of benzene rings is 2. The molecule has 0 saturated heterocycles. The minimum Gasteiger partial charge on any atom is -0.781 e. The maximum absolute atomic E-state index is 4.85. The molecule has 0 heterocycles. The van der Waals surface area contributed by atoms with Gasteiger partial charge in [-0.15, -0.1) is 0 Å². The van der Waals surface area contributed by atoms with Crippen LogP contribution in [0.15, 0.2) is 68.1 Å². The molecule has 2 aromatic rings. The lowest BCUT2D eigenvalue weighted by molar-refractivity contribution is 0.814. The second-order valence-corrected chi connectivity index (χ2v) is 45.1. The Morgan fingerprint density at radius 2 is 0.262 bits per heavy atom. The van der Waals surface area contributed by atoms with E-state index < -0.39 is 29.0 Å². The van der Waals surface area contributed by atoms with Gasteiger partial charge >= 0.3 is 0 Å². The van der Waals surface area contributed by atoms with E-state index in [1.807, 2.05) is 48.5 Å². The quantitative estimate of drug-likeness (QED) is 0.0478. The molecule has 0 bridgehead atoms. The van der Waals surface area contributed by atoms with Gasteiger partial charge in [0.15, 0.2) is 0 Å². The fourth-order valence-electron chi connectivity index (χ4n) is 11.5. The molecule has 0 spiro atoms. The summed E-state index contributed by atoms with van der Waals surface area (Å²) < 4.78 is 0. The second-order valence-electron chi connectivity index (χ2n) is 25.5. The van der Waals surface area contributed by atoms with E-state index in [4.69, 9.17) is 50.5 Å². The minimum absolute atomic E-state index is 0.562. The lowest BCUT2D eigenvalue weighted by Gasteiger charge is -2.28. The monoisotopic (exact) mass is 1320 g/mol. The van der Waals surface area contributed by atoms with E-state index >= 15 is 0 Å². The van der Waals surface area contributed by atoms with Crippen LogP contribution in [0.5, 0.6) is 0 Å². The van der Waals surface area contributed by atoms with E-state index in [1.165, 1.54) is 205 Å². The van der Waals surface area contributed by atoms with Crippen molar-refractivity contribution in [3.8, 4) is 0 Å². The van der Waals surface area contributed by atoms with Gasteiger partial charge in [0.05, 0.1) is 98.6 Å². The van der Waals surface area contributed by atoms with Crippen LogP contribution in [0.3, 0.4) is 0 Å². The molecule has 0 aliphatic heterocycles. The first-order chi connectivity index (χ1) is 40.6. The maximum Gasteiger partial charge on any atom is 0.0594 e. The smallest absolute Gasteiger partial charge is 0.0594 e. The standard InChI is InChI=1S/4C16H36P.2C6H6S2/c4*1-5-9-13-17(14-10-6-2,15-11-7-3)16-12-8-4;2*7-5-3-1-2-4-6(5)8/h4*5-16H2,1-4H3;2*1-4,7-8H/q4*+1;;/p-4. The summed E-state index contributed by atoms with van der Waals surface area (Å²) in [6.45, 7) is 37.7. The number of hydrogen-bond acceptors (Lipinski definition) is 4. The molecule has 0 atom stereocenters. The van der Waals surface area contributed by atoms with Crippen molar-refractivity contribution in [1.82, 2.24) is 0 Å². The summed E-state index contributed by atoms with van der Waals surface area (Å²) >= 11 is 19.4. The van der Waals surface area contributed by atoms with Crippen LogP contribution < -0.4 is 0 Å². The fraction of sp³-hybridized carbons (Fsp3) is 0.842. The van der Waals surface area contributed by atoms with Gasteiger partial charge < -0.3 is 50.5 Å². The average Bonchev–Trinajstić information content (AvgIpc) is 3.61. The lowest BCUT2D eigenvalue weighted by atomic mass is 10.4. The Morgan fingerprint density at radius 1 is 0.179 bits per heavy atom. The highest BCUT2D eigenvalue weighted by Crippen LogP contribution is 2.64. The zero-order valence-electron chi connectivity index (χ0n) is 60.0. The molecule has 0 N–H and O–H groups in total. The Balaban J connectivity index is -0.000000466. The summed E-state index contributed by atoms with van der Waals surface area (Å²) in [6.07, 6.45) is 71.8. The van der Waals surface area contributed by atoms with E-state index in [-0.39, 0.29) is 0 Å². The maximum atomic E-state index is 4.85. The highest BCUT2D eigenvalue weighted by Gasteiger charge is 2.37. The Labute approximate surface area is 558 Å². The van der Waals surface area contributed by atoms with Crippen molar-refractivity contribution >= 4 is 79.6 Å². The summed E-state index contributed by atoms with van der Waals surface area (Å²) in [5, 5.41) is 0. The molecule has 8 heteroatoms. The van der Waals surface area contributed by atoms with Crippen LogP contribution >= 0.6 is 29.0 Å². The van der Waals surface area contributed by atoms with Gasteiger partial charge in [0, 0.05) is 29.0 Å². The molecule has 84 heavy (non-hydrogen) atoms. The topological polar surface area (TPSA) is 0 Å². The van der Waals surface area contributed by atoms with Crippen LogP contribution in [0, 0.1) is 0 Å². The van der Waals surface area contributed by atoms with E-state index in [2.05, 4.69) is 111 Å². The molecule has 0 amide bonds. The van der Waals surface area contributed by atoms with E-state index in [9.17, 15) is 0 Å². The third-order valence-electron chi connectivity index (χ3n) is 17.5. The molecule has 0 nitrogen and oxygen atoms in total. The molecule has 0 unspecified atom stereocenters. The highest BCUT2D eigenvalue weighted by atomic mass is 32.1. The zero-order chi connectivity index (χ0) is 63.9. The van der Waals surface area contributed by atoms with Gasteiger partial charge in [0.2, 0.25) is 0 Å². The summed E-state index contributed by atoms with van der Waals surface area (Å²) in [5.74, 6) is 0. The summed E-state index contributed by atoms with van der Waals surface area (Å²) in [4.78, 5) is 3.06. The van der Waals surface area contributed by atoms with Crippen LogP contribution in [0.2, 0.25) is 0 Å². The van der Waals surface area contributed by atoms with Crippen molar-refractivity contribution in [3.05, 3.63) is 48.5 Å². The minimum atomic E-state index is -0.562. The second kappa shape index (κ2) is 66.9. The predicted octanol–water partition coefficient (Wildman–Crippen LogP) is 27.8. The Kier molecular flexibility index (Phi) is 72.9. The summed E-state index contributed by atoms with van der Waals surface area (Å²) in [6, 6.07) is 14.9. The molecular weight excluding hydrogens is 1160 g/mol. The van der Waals surface area contributed by atoms with Gasteiger partial charge in [-0.2, -0.15) is 19.6 Å². The molecule has 2 rings (SSSR count). The molecule has 0 radical (unpaired) electrons. The Hall–Kier alpha value is 1.04. The summed E-state index contributed by atoms with van der Waals surface area (Å²) in [7, 11) is -2.25. The van der Waals surface area contributed by atoms with Crippen LogP contribution in [0.1, 0.15) is 316 Å². The molecule has 0 fully saturated rings. The van der Waals surface area contributed by atoms with Crippen LogP contribution in [0.25, 0.3) is 0 Å². The molecule has 0 saturated carbocycles. The van der Waals surface area contributed by atoms with Crippen LogP contribution in [-0.4, -0.2) is 98.6 Å². The average molecular weight is 1320 g/mol. The van der Waals surface area contributed by atoms with Gasteiger partial charge in [-0.1, -0.05) is 262 Å². The molecule has 0 aliphatic carbocycles. The first kappa shape index (κ1) is 91.5. The van der Waals surface area contributed by atoms with Crippen LogP contribution in [0.4, 0.5) is 0 Å². The number of hydrogen-bond donors (Lipinski definition) is 0. The van der Waals surface area contributed by atoms with Crippen molar-refractivity contribution in [3.63, 3.8) is 0 Å². The van der Waals surface area contributed by atoms with Gasteiger partial charge in [0.25, 0.3) is 0 Å². The lowest BCUT2D eigenvalue weighted by Crippen LogP contribution is -2.12. The Morgan fingerprint density at radius 3 is 0.321 bits per heavy atom. The van der Waals surface area contributed by atoms with Gasteiger partial charge in [-0.3, -0.25) is 0 Å². The first-order valence-corrected chi connectivity index (χ1v) is 48.6. The van der Waals surface area contributed by atoms with Gasteiger partial charge in [-0.25, -0.2) is 0 Å². The fourth-order valence-corrected chi connectivity index (χ4v) is 33.2. The van der Waals surface area contributed by atoms with Gasteiger partial charge in [0.1, 0.15) is 0 Å². The molecule has 0 aliphatic rings. The first-order valence-electron chi connectivity index (χ1n) is 36.8. The van der Waals surface area contributed by atoms with E-state index in [0.29, 0.717) is 0 Å². The van der Waals surface area contributed by atoms with Crippen molar-refractivity contribution in [2.75, 3.05) is 98.6 Å². The Bertz CT molecular complexity index is 1210. The number of rotatable bonds is 48. The van der Waals surface area contributed by atoms with E-state index in [0.717, 1.165) is 19.6 Å². The molecule has 500 valence electrons. The largest absolute Gasteiger partial charge is 0.781 e. The van der Waals surface area contributed by atoms with Crippen molar-refractivity contribution in [2.24, 2.45) is 0 Å². The van der Waals surface area contributed by atoms with Gasteiger partial charge in [-0.05, 0) is 103 Å². The highest BCUT2D eigenvalue weighted by molar-refractivity contribution is 7.77. The normalized spacial score (nSPS) is 11.4. The van der Waals surface area contributed by atoms with Crippen molar-refractivity contribution in [2.45, 2.75) is 336 Å². The SMILES string of the molecule is CCCC[P+](CCCC)(CCCC)CCCC.CCCC[P+](CCCC)(CCCC)CCCC.CCCC[P+](CCCC)(CCCC)CCCC.CCCC[P+](CCCC)(CCCC)CCCC.[S-]c1ccccc1[S-].[S-]c1ccccc1[S-]. The van der Waals surface area contributed by atoms with Crippen LogP contribution in [-0.2, 0) is 50.5 Å². The molecular formula is C76H152P4S4. The third-order valence-corrected chi connectivity index (χ3v) is 39.4. The molecule has 0 aromatic heterocycles. The van der Waals surface area contributed by atoms with Crippen molar-refractivity contribution < 1.29 is 0 Å². The third kappa shape index (κ3) is 52.6. The van der Waals surface area contributed by atoms with Crippen molar-refractivity contribution in [1.29, 1.82) is 0 Å². The predicted molar refractivity (Wildman–Crippen MR) is 419 cm³/mol. The summed E-state index contributed by atoms with van der Waals surface area (Å²) in [5.41, 5.74) is 0.